The molecule has 0 saturated heterocycles. The van der Waals surface area contributed by atoms with Crippen molar-refractivity contribution in [1.29, 1.82) is 0 Å². The van der Waals surface area contributed by atoms with E-state index in [9.17, 15) is 30.3 Å². The van der Waals surface area contributed by atoms with Gasteiger partial charge in [0, 0.05) is 0 Å². The van der Waals surface area contributed by atoms with Crippen LogP contribution in [0.1, 0.15) is 85.5 Å². The number of fused-ring (bicyclic) bond motifs is 5. The Kier molecular flexibility index (Phi) is 6.98. The zero-order valence-electron chi connectivity index (χ0n) is 20.9. The van der Waals surface area contributed by atoms with Gasteiger partial charge in [-0.3, -0.25) is 4.79 Å². The van der Waals surface area contributed by atoms with Crippen LogP contribution in [0.2, 0.25) is 0 Å². The first-order valence-electron chi connectivity index (χ1n) is 13.4. The molecular weight excluding hydrogens is 420 g/mol. The van der Waals surface area contributed by atoms with Crippen LogP contribution < -0.4 is 0 Å². The molecule has 13 atom stereocenters. The maximum absolute atomic E-state index is 11.6. The third-order valence-electron chi connectivity index (χ3n) is 11.4. The smallest absolute Gasteiger partial charge is 0.308 e. The predicted octanol–water partition coefficient (Wildman–Crippen LogP) is 3.45. The number of aliphatic hydroxyl groups excluding tert-OH is 4. The lowest BCUT2D eigenvalue weighted by Gasteiger charge is -2.63. The van der Waals surface area contributed by atoms with Gasteiger partial charge >= 0.3 is 5.97 Å². The van der Waals surface area contributed by atoms with Crippen LogP contribution in [0.3, 0.4) is 0 Å². The largest absolute Gasteiger partial charge is 0.481 e. The van der Waals surface area contributed by atoms with E-state index in [0.717, 1.165) is 51.4 Å². The zero-order chi connectivity index (χ0) is 24.3. The van der Waals surface area contributed by atoms with Crippen LogP contribution in [-0.2, 0) is 4.79 Å². The number of carbonyl (C=O) groups is 1. The molecular formula is C27H46O6. The van der Waals surface area contributed by atoms with Gasteiger partial charge < -0.3 is 25.5 Å². The van der Waals surface area contributed by atoms with Gasteiger partial charge in [0.05, 0.1) is 30.3 Å². The molecule has 0 amide bonds. The molecule has 0 aromatic carbocycles. The van der Waals surface area contributed by atoms with Crippen LogP contribution in [0.5, 0.6) is 0 Å². The van der Waals surface area contributed by atoms with E-state index >= 15 is 0 Å². The van der Waals surface area contributed by atoms with E-state index < -0.39 is 24.1 Å². The Balaban J connectivity index is 1.52. The zero-order valence-corrected chi connectivity index (χ0v) is 20.9. The maximum Gasteiger partial charge on any atom is 0.308 e. The Labute approximate surface area is 198 Å². The molecule has 0 heterocycles. The van der Waals surface area contributed by atoms with Crippen LogP contribution in [0.25, 0.3) is 0 Å². The summed E-state index contributed by atoms with van der Waals surface area (Å²) in [6.45, 7) is 8.32. The monoisotopic (exact) mass is 466 g/mol. The molecule has 0 aromatic rings. The van der Waals surface area contributed by atoms with Gasteiger partial charge in [-0.2, -0.15) is 0 Å². The summed E-state index contributed by atoms with van der Waals surface area (Å²) in [4.78, 5) is 11.2. The van der Waals surface area contributed by atoms with E-state index in [4.69, 9.17) is 0 Å². The van der Waals surface area contributed by atoms with Gasteiger partial charge in [-0.15, -0.1) is 0 Å². The van der Waals surface area contributed by atoms with Gasteiger partial charge in [-0.05, 0) is 111 Å². The van der Waals surface area contributed by atoms with Crippen LogP contribution in [0.15, 0.2) is 0 Å². The first-order chi connectivity index (χ1) is 15.4. The molecule has 0 aliphatic heterocycles. The first kappa shape index (κ1) is 25.4. The Morgan fingerprint density at radius 3 is 2.33 bits per heavy atom. The van der Waals surface area contributed by atoms with Crippen LogP contribution in [0, 0.1) is 52.3 Å². The molecule has 190 valence electrons. The molecule has 5 N–H and O–H groups in total. The summed E-state index contributed by atoms with van der Waals surface area (Å²) < 4.78 is 0. The number of rotatable bonds is 6. The minimum Gasteiger partial charge on any atom is -0.481 e. The van der Waals surface area contributed by atoms with Gasteiger partial charge in [0.25, 0.3) is 0 Å². The summed E-state index contributed by atoms with van der Waals surface area (Å²) in [6.07, 6.45) is 5.36. The molecule has 0 unspecified atom stereocenters. The van der Waals surface area contributed by atoms with E-state index in [0.29, 0.717) is 24.2 Å². The van der Waals surface area contributed by atoms with E-state index in [1.807, 2.05) is 0 Å². The highest BCUT2D eigenvalue weighted by Gasteiger charge is 2.65. The summed E-state index contributed by atoms with van der Waals surface area (Å²) in [6, 6.07) is 0. The molecule has 0 radical (unpaired) electrons. The fourth-order valence-electron chi connectivity index (χ4n) is 9.18. The summed E-state index contributed by atoms with van der Waals surface area (Å²) in [5, 5.41) is 52.7. The average Bonchev–Trinajstić information content (AvgIpc) is 3.11. The lowest BCUT2D eigenvalue weighted by molar-refractivity contribution is -0.207. The van der Waals surface area contributed by atoms with Crippen molar-refractivity contribution in [3.63, 3.8) is 0 Å². The Morgan fingerprint density at radius 1 is 0.970 bits per heavy atom. The van der Waals surface area contributed by atoms with E-state index in [1.54, 1.807) is 6.92 Å². The van der Waals surface area contributed by atoms with E-state index in [1.165, 1.54) is 0 Å². The summed E-state index contributed by atoms with van der Waals surface area (Å²) >= 11 is 0. The highest BCUT2D eigenvalue weighted by Crippen LogP contribution is 2.68. The molecule has 6 heteroatoms. The molecule has 0 bridgehead atoms. The normalized spacial score (nSPS) is 49.9. The fourth-order valence-corrected chi connectivity index (χ4v) is 9.18. The van der Waals surface area contributed by atoms with E-state index in [2.05, 4.69) is 20.8 Å². The third kappa shape index (κ3) is 4.07. The Morgan fingerprint density at radius 2 is 1.67 bits per heavy atom. The SMILES string of the molecule is C[C@H](CC[C@@H](O)[C@@H](C)C(=O)O)[C@H]1CC[C@H]2[C@@H]3[C@H](O)C[C@@H]4C[C@H](O)CC[C@]4(C)[C@H]3C[C@H](O)[C@]12C. The van der Waals surface area contributed by atoms with Crippen molar-refractivity contribution in [2.24, 2.45) is 52.3 Å². The first-order valence-corrected chi connectivity index (χ1v) is 13.4. The fraction of sp³-hybridized carbons (Fsp3) is 0.963. The molecule has 33 heavy (non-hydrogen) atoms. The number of carboxylic acid groups (broad SMARTS) is 1. The van der Waals surface area contributed by atoms with Crippen molar-refractivity contribution in [3.05, 3.63) is 0 Å². The van der Waals surface area contributed by atoms with Crippen LogP contribution >= 0.6 is 0 Å². The second kappa shape index (κ2) is 9.07. The van der Waals surface area contributed by atoms with Gasteiger partial charge in [0.1, 0.15) is 0 Å². The highest BCUT2D eigenvalue weighted by atomic mass is 16.4. The van der Waals surface area contributed by atoms with E-state index in [-0.39, 0.29) is 40.8 Å². The third-order valence-corrected chi connectivity index (χ3v) is 11.4. The number of carboxylic acids is 1. The van der Waals surface area contributed by atoms with Gasteiger partial charge in [-0.1, -0.05) is 20.8 Å². The van der Waals surface area contributed by atoms with Gasteiger partial charge in [-0.25, -0.2) is 0 Å². The molecule has 4 aliphatic rings. The Hall–Kier alpha value is -0.690. The number of aliphatic carboxylic acids is 1. The summed E-state index contributed by atoms with van der Waals surface area (Å²) in [5.74, 6) is -0.0734. The molecule has 0 aromatic heterocycles. The molecule has 4 fully saturated rings. The van der Waals surface area contributed by atoms with Crippen molar-refractivity contribution in [2.45, 2.75) is 110 Å². The molecule has 0 spiro atoms. The maximum atomic E-state index is 11.6. The Bertz CT molecular complexity index is 727. The molecule has 4 aliphatic carbocycles. The van der Waals surface area contributed by atoms with Crippen molar-refractivity contribution >= 4 is 5.97 Å². The standard InChI is InChI=1S/C27H46O6/c1-14(5-8-21(29)15(2)25(32)33)18-6-7-19-24-20(13-23(31)27(18,19)4)26(3)10-9-17(28)11-16(26)12-22(24)30/h14-24,28-31H,5-13H2,1-4H3,(H,32,33)/t14-,15-,16+,17-,18-,19+,20+,21-,22-,23+,24+,26+,27-/m1/s1. The second-order valence-corrected chi connectivity index (χ2v) is 12.8. The lowest BCUT2D eigenvalue weighted by atomic mass is 9.43. The quantitative estimate of drug-likeness (QED) is 0.409. The lowest BCUT2D eigenvalue weighted by Crippen LogP contribution is -2.62. The van der Waals surface area contributed by atoms with Gasteiger partial charge in [0.15, 0.2) is 0 Å². The molecule has 4 saturated carbocycles. The van der Waals surface area contributed by atoms with Crippen molar-refractivity contribution in [1.82, 2.24) is 0 Å². The van der Waals surface area contributed by atoms with Crippen molar-refractivity contribution < 1.29 is 30.3 Å². The van der Waals surface area contributed by atoms with Crippen LogP contribution in [0.4, 0.5) is 0 Å². The van der Waals surface area contributed by atoms with Crippen molar-refractivity contribution in [2.75, 3.05) is 0 Å². The summed E-state index contributed by atoms with van der Waals surface area (Å²) in [7, 11) is 0. The predicted molar refractivity (Wildman–Crippen MR) is 125 cm³/mol. The number of aliphatic hydroxyl groups is 4. The van der Waals surface area contributed by atoms with Crippen molar-refractivity contribution in [3.8, 4) is 0 Å². The highest BCUT2D eigenvalue weighted by molar-refractivity contribution is 5.70. The van der Waals surface area contributed by atoms with Gasteiger partial charge in [0.2, 0.25) is 0 Å². The number of hydrogen-bond donors (Lipinski definition) is 5. The second-order valence-electron chi connectivity index (χ2n) is 12.8. The molecule has 6 nitrogen and oxygen atoms in total. The minimum absolute atomic E-state index is 0.0756. The topological polar surface area (TPSA) is 118 Å². The average molecular weight is 467 g/mol. The summed E-state index contributed by atoms with van der Waals surface area (Å²) in [5.41, 5.74) is -0.186. The molecule has 4 rings (SSSR count). The number of hydrogen-bond acceptors (Lipinski definition) is 5. The van der Waals surface area contributed by atoms with Crippen LogP contribution in [-0.4, -0.2) is 55.9 Å². The minimum atomic E-state index is -0.967.